The number of pyridine rings is 1. The fourth-order valence-electron chi connectivity index (χ4n) is 3.34. The number of methoxy groups -OCH3 is 2. The number of carbonyl (C=O) groups is 1. The van der Waals surface area contributed by atoms with Crippen LogP contribution in [0.25, 0.3) is 0 Å². The molecule has 0 saturated carbocycles. The van der Waals surface area contributed by atoms with Gasteiger partial charge in [0, 0.05) is 50.7 Å². The topological polar surface area (TPSA) is 58.1 Å². The third-order valence-electron chi connectivity index (χ3n) is 5.22. The molecule has 1 aromatic carbocycles. The summed E-state index contributed by atoms with van der Waals surface area (Å²) < 4.78 is 10.7. The smallest absolute Gasteiger partial charge is 0.324 e. The van der Waals surface area contributed by atoms with Crippen molar-refractivity contribution in [2.45, 2.75) is 13.8 Å². The van der Waals surface area contributed by atoms with Gasteiger partial charge in [-0.1, -0.05) is 6.07 Å². The molecule has 7 heteroatoms. The number of benzene rings is 1. The maximum absolute atomic E-state index is 13.0. The number of aryl methyl sites for hydroxylation is 2. The second-order valence-electron chi connectivity index (χ2n) is 6.94. The summed E-state index contributed by atoms with van der Waals surface area (Å²) in [5, 5.41) is 0. The van der Waals surface area contributed by atoms with Gasteiger partial charge in [-0.2, -0.15) is 0 Å². The lowest BCUT2D eigenvalue weighted by molar-refractivity contribution is 0.202. The van der Waals surface area contributed by atoms with E-state index in [0.717, 1.165) is 35.8 Å². The number of amides is 2. The van der Waals surface area contributed by atoms with Crippen LogP contribution in [0.15, 0.2) is 30.3 Å². The first-order chi connectivity index (χ1) is 13.4. The van der Waals surface area contributed by atoms with Crippen LogP contribution in [0.3, 0.4) is 0 Å². The van der Waals surface area contributed by atoms with Gasteiger partial charge >= 0.3 is 6.03 Å². The Kier molecular flexibility index (Phi) is 5.92. The Morgan fingerprint density at radius 3 is 2.43 bits per heavy atom. The van der Waals surface area contributed by atoms with Gasteiger partial charge in [0.15, 0.2) is 0 Å². The van der Waals surface area contributed by atoms with E-state index >= 15 is 0 Å². The van der Waals surface area contributed by atoms with E-state index in [9.17, 15) is 4.79 Å². The molecule has 2 aromatic rings. The monoisotopic (exact) mass is 384 g/mol. The van der Waals surface area contributed by atoms with Gasteiger partial charge in [0.1, 0.15) is 11.4 Å². The Morgan fingerprint density at radius 1 is 1.07 bits per heavy atom. The largest absolute Gasteiger partial charge is 0.497 e. The average Bonchev–Trinajstić information content (AvgIpc) is 2.74. The first-order valence-corrected chi connectivity index (χ1v) is 9.38. The number of rotatable bonds is 4. The van der Waals surface area contributed by atoms with Crippen molar-refractivity contribution >= 4 is 17.4 Å². The second-order valence-corrected chi connectivity index (χ2v) is 6.94. The van der Waals surface area contributed by atoms with Crippen molar-refractivity contribution in [3.8, 4) is 11.6 Å². The SMILES string of the molecule is COc1cccc(N2CCN(C(=O)N(C)c3cc(C)c(C)nc3OC)CC2)c1. The molecule has 28 heavy (non-hydrogen) atoms. The zero-order valence-corrected chi connectivity index (χ0v) is 17.2. The number of ether oxygens (including phenoxy) is 2. The minimum Gasteiger partial charge on any atom is -0.497 e. The first kappa shape index (κ1) is 19.8. The standard InChI is InChI=1S/C21H28N4O3/c1-15-13-19(20(28-5)22-16(15)2)23(3)21(26)25-11-9-24(10-12-25)17-7-6-8-18(14-17)27-4/h6-8,13-14H,9-12H2,1-5H3. The summed E-state index contributed by atoms with van der Waals surface area (Å²) in [4.78, 5) is 23.2. The highest BCUT2D eigenvalue weighted by atomic mass is 16.5. The molecule has 0 spiro atoms. The number of carbonyl (C=O) groups excluding carboxylic acids is 1. The van der Waals surface area contributed by atoms with Crippen LogP contribution < -0.4 is 19.3 Å². The average molecular weight is 384 g/mol. The predicted octanol–water partition coefficient (Wildman–Crippen LogP) is 3.09. The Hall–Kier alpha value is -2.96. The highest BCUT2D eigenvalue weighted by Crippen LogP contribution is 2.29. The van der Waals surface area contributed by atoms with Crippen LogP contribution in [0.5, 0.6) is 11.6 Å². The van der Waals surface area contributed by atoms with Gasteiger partial charge in [-0.25, -0.2) is 9.78 Å². The van der Waals surface area contributed by atoms with Gasteiger partial charge in [0.05, 0.1) is 14.2 Å². The Morgan fingerprint density at radius 2 is 1.79 bits per heavy atom. The molecule has 2 amide bonds. The summed E-state index contributed by atoms with van der Waals surface area (Å²) in [6.45, 7) is 6.77. The van der Waals surface area contributed by atoms with Crippen molar-refractivity contribution in [2.24, 2.45) is 0 Å². The highest BCUT2D eigenvalue weighted by Gasteiger charge is 2.26. The summed E-state index contributed by atoms with van der Waals surface area (Å²) in [5.74, 6) is 1.30. The van der Waals surface area contributed by atoms with Crippen molar-refractivity contribution in [1.29, 1.82) is 0 Å². The predicted molar refractivity (Wildman–Crippen MR) is 111 cm³/mol. The Bertz CT molecular complexity index is 848. The van der Waals surface area contributed by atoms with Crippen molar-refractivity contribution in [1.82, 2.24) is 9.88 Å². The molecule has 0 unspecified atom stereocenters. The second kappa shape index (κ2) is 8.37. The molecule has 3 rings (SSSR count). The molecule has 0 N–H and O–H groups in total. The van der Waals surface area contributed by atoms with E-state index in [4.69, 9.17) is 9.47 Å². The van der Waals surface area contributed by atoms with Crippen molar-refractivity contribution in [3.63, 3.8) is 0 Å². The van der Waals surface area contributed by atoms with Crippen LogP contribution in [0.4, 0.5) is 16.2 Å². The number of piperazine rings is 1. The van der Waals surface area contributed by atoms with Crippen molar-refractivity contribution < 1.29 is 14.3 Å². The number of anilines is 2. The lowest BCUT2D eigenvalue weighted by Crippen LogP contribution is -2.52. The maximum atomic E-state index is 13.0. The minimum atomic E-state index is -0.0476. The van der Waals surface area contributed by atoms with Crippen LogP contribution in [0, 0.1) is 13.8 Å². The molecule has 1 aliphatic heterocycles. The summed E-state index contributed by atoms with van der Waals surface area (Å²) in [7, 11) is 5.01. The number of urea groups is 1. The first-order valence-electron chi connectivity index (χ1n) is 9.38. The fraction of sp³-hybridized carbons (Fsp3) is 0.429. The number of aromatic nitrogens is 1. The molecular weight excluding hydrogens is 356 g/mol. The molecule has 0 atom stereocenters. The van der Waals surface area contributed by atoms with E-state index in [1.165, 1.54) is 0 Å². The van der Waals surface area contributed by atoms with E-state index in [-0.39, 0.29) is 6.03 Å². The van der Waals surface area contributed by atoms with Gasteiger partial charge in [-0.3, -0.25) is 4.90 Å². The molecule has 150 valence electrons. The van der Waals surface area contributed by atoms with Gasteiger partial charge in [-0.05, 0) is 37.6 Å². The summed E-state index contributed by atoms with van der Waals surface area (Å²) in [5.41, 5.74) is 3.72. The summed E-state index contributed by atoms with van der Waals surface area (Å²) in [6.07, 6.45) is 0. The molecule has 0 aliphatic carbocycles. The third-order valence-corrected chi connectivity index (χ3v) is 5.22. The minimum absolute atomic E-state index is 0.0476. The molecule has 7 nitrogen and oxygen atoms in total. The Labute approximate surface area is 166 Å². The maximum Gasteiger partial charge on any atom is 0.324 e. The van der Waals surface area contributed by atoms with Gasteiger partial charge in [0.2, 0.25) is 5.88 Å². The fourth-order valence-corrected chi connectivity index (χ4v) is 3.34. The van der Waals surface area contributed by atoms with Crippen LogP contribution >= 0.6 is 0 Å². The molecular formula is C21H28N4O3. The van der Waals surface area contributed by atoms with Crippen LogP contribution in [-0.4, -0.2) is 63.4 Å². The number of hydrogen-bond acceptors (Lipinski definition) is 5. The third kappa shape index (κ3) is 3.98. The Balaban J connectivity index is 1.69. The van der Waals surface area contributed by atoms with E-state index in [1.54, 1.807) is 26.2 Å². The van der Waals surface area contributed by atoms with E-state index < -0.39 is 0 Å². The quantitative estimate of drug-likeness (QED) is 0.811. The van der Waals surface area contributed by atoms with Gasteiger partial charge < -0.3 is 19.3 Å². The molecule has 1 fully saturated rings. The van der Waals surface area contributed by atoms with E-state index in [2.05, 4.69) is 16.0 Å². The lowest BCUT2D eigenvalue weighted by atomic mass is 10.2. The molecule has 2 heterocycles. The summed E-state index contributed by atoms with van der Waals surface area (Å²) >= 11 is 0. The zero-order valence-electron chi connectivity index (χ0n) is 17.2. The van der Waals surface area contributed by atoms with E-state index in [1.807, 2.05) is 43.0 Å². The van der Waals surface area contributed by atoms with Crippen molar-refractivity contribution in [2.75, 3.05) is 57.2 Å². The van der Waals surface area contributed by atoms with E-state index in [0.29, 0.717) is 24.7 Å². The summed E-state index contributed by atoms with van der Waals surface area (Å²) in [6, 6.07) is 9.91. The lowest BCUT2D eigenvalue weighted by Gasteiger charge is -2.38. The van der Waals surface area contributed by atoms with Crippen molar-refractivity contribution in [3.05, 3.63) is 41.6 Å². The zero-order chi connectivity index (χ0) is 20.3. The molecule has 0 bridgehead atoms. The van der Waals surface area contributed by atoms with Gasteiger partial charge in [-0.15, -0.1) is 0 Å². The number of nitrogens with zero attached hydrogens (tertiary/aromatic N) is 4. The van der Waals surface area contributed by atoms with Gasteiger partial charge in [0.25, 0.3) is 0 Å². The highest BCUT2D eigenvalue weighted by molar-refractivity contribution is 5.93. The van der Waals surface area contributed by atoms with Crippen LogP contribution in [0.1, 0.15) is 11.3 Å². The normalized spacial score (nSPS) is 14.0. The van der Waals surface area contributed by atoms with Crippen LogP contribution in [0.2, 0.25) is 0 Å². The molecule has 0 radical (unpaired) electrons. The molecule has 1 aliphatic rings. The molecule has 1 saturated heterocycles. The number of hydrogen-bond donors (Lipinski definition) is 0. The van der Waals surface area contributed by atoms with Crippen LogP contribution in [-0.2, 0) is 0 Å². The molecule has 1 aromatic heterocycles.